The molecule has 0 radical (unpaired) electrons. The standard InChI is InChI=1S/C16H21N5O2S2/c1-3-19-11-14(9-17-19)25(22,23)20-6-4-5-13(10-20)15-16-21(7-8-24-16)12(2)18-15/h7-9,11,13H,3-6,10H2,1-2H3/t13-/m0/s1. The molecule has 0 bridgehead atoms. The molecule has 134 valence electrons. The number of fused-ring (bicyclic) bond motifs is 1. The molecule has 7 nitrogen and oxygen atoms in total. The van der Waals surface area contributed by atoms with E-state index in [-0.39, 0.29) is 10.8 Å². The van der Waals surface area contributed by atoms with Gasteiger partial charge in [0.05, 0.1) is 11.9 Å². The van der Waals surface area contributed by atoms with Crippen molar-refractivity contribution in [2.45, 2.75) is 44.0 Å². The highest BCUT2D eigenvalue weighted by Crippen LogP contribution is 2.33. The first-order chi connectivity index (χ1) is 12.0. The molecule has 1 saturated heterocycles. The molecule has 3 aromatic rings. The van der Waals surface area contributed by atoms with Crippen molar-refractivity contribution in [1.29, 1.82) is 0 Å². The molecule has 1 aliphatic heterocycles. The number of imidazole rings is 1. The molecule has 1 fully saturated rings. The molecule has 4 heterocycles. The first-order valence-corrected chi connectivity index (χ1v) is 10.8. The van der Waals surface area contributed by atoms with Crippen molar-refractivity contribution in [1.82, 2.24) is 23.5 Å². The highest BCUT2D eigenvalue weighted by Gasteiger charge is 2.33. The van der Waals surface area contributed by atoms with E-state index in [0.717, 1.165) is 29.2 Å². The van der Waals surface area contributed by atoms with Crippen LogP contribution in [0.4, 0.5) is 0 Å². The number of hydrogen-bond donors (Lipinski definition) is 0. The molecule has 0 N–H and O–H groups in total. The van der Waals surface area contributed by atoms with Crippen LogP contribution in [0.3, 0.4) is 0 Å². The van der Waals surface area contributed by atoms with Crippen LogP contribution in [0.25, 0.3) is 4.83 Å². The molecule has 0 unspecified atom stereocenters. The summed E-state index contributed by atoms with van der Waals surface area (Å²) in [5.74, 6) is 1.09. The summed E-state index contributed by atoms with van der Waals surface area (Å²) in [6.45, 7) is 5.61. The van der Waals surface area contributed by atoms with Crippen LogP contribution >= 0.6 is 11.3 Å². The topological polar surface area (TPSA) is 72.5 Å². The smallest absolute Gasteiger partial charge is 0.246 e. The van der Waals surface area contributed by atoms with Gasteiger partial charge in [0.25, 0.3) is 0 Å². The third-order valence-electron chi connectivity index (χ3n) is 4.80. The average Bonchev–Trinajstić information content (AvgIpc) is 3.33. The summed E-state index contributed by atoms with van der Waals surface area (Å²) in [6.07, 6.45) is 6.87. The highest BCUT2D eigenvalue weighted by atomic mass is 32.2. The number of nitrogens with zero attached hydrogens (tertiary/aromatic N) is 5. The maximum Gasteiger partial charge on any atom is 0.246 e. The van der Waals surface area contributed by atoms with Crippen molar-refractivity contribution in [2.24, 2.45) is 0 Å². The maximum absolute atomic E-state index is 13.0. The largest absolute Gasteiger partial charge is 0.294 e. The minimum Gasteiger partial charge on any atom is -0.294 e. The molecule has 1 atom stereocenters. The van der Waals surface area contributed by atoms with Gasteiger partial charge in [-0.3, -0.25) is 9.08 Å². The van der Waals surface area contributed by atoms with E-state index in [2.05, 4.69) is 9.50 Å². The van der Waals surface area contributed by atoms with E-state index >= 15 is 0 Å². The van der Waals surface area contributed by atoms with Gasteiger partial charge in [-0.15, -0.1) is 11.3 Å². The number of hydrogen-bond acceptors (Lipinski definition) is 5. The molecule has 0 amide bonds. The summed E-state index contributed by atoms with van der Waals surface area (Å²) in [5.41, 5.74) is 1.02. The zero-order valence-corrected chi connectivity index (χ0v) is 15.9. The summed E-state index contributed by atoms with van der Waals surface area (Å²) in [6, 6.07) is 0. The highest BCUT2D eigenvalue weighted by molar-refractivity contribution is 7.89. The SMILES string of the molecule is CCn1cc(S(=O)(=O)N2CCC[C@H](c3nc(C)n4ccsc34)C2)cn1. The molecule has 4 rings (SSSR count). The lowest BCUT2D eigenvalue weighted by Gasteiger charge is -2.30. The van der Waals surface area contributed by atoms with Crippen LogP contribution < -0.4 is 0 Å². The Kier molecular flexibility index (Phi) is 4.17. The number of rotatable bonds is 4. The molecule has 9 heteroatoms. The van der Waals surface area contributed by atoms with Crippen LogP contribution in [0.5, 0.6) is 0 Å². The first kappa shape index (κ1) is 16.7. The average molecular weight is 380 g/mol. The van der Waals surface area contributed by atoms with Crippen molar-refractivity contribution >= 4 is 26.2 Å². The van der Waals surface area contributed by atoms with E-state index < -0.39 is 10.0 Å². The monoisotopic (exact) mass is 379 g/mol. The fourth-order valence-corrected chi connectivity index (χ4v) is 5.87. The molecule has 0 aromatic carbocycles. The number of aromatic nitrogens is 4. The Labute approximate surface area is 151 Å². The molecule has 0 saturated carbocycles. The second-order valence-corrected chi connectivity index (χ2v) is 9.19. The summed E-state index contributed by atoms with van der Waals surface area (Å²) in [4.78, 5) is 6.12. The van der Waals surface area contributed by atoms with Crippen LogP contribution in [0.15, 0.2) is 28.9 Å². The second kappa shape index (κ2) is 6.22. The summed E-state index contributed by atoms with van der Waals surface area (Å²) in [5, 5.41) is 6.15. The van der Waals surface area contributed by atoms with E-state index in [1.165, 1.54) is 6.20 Å². The van der Waals surface area contributed by atoms with Crippen molar-refractivity contribution in [3.8, 4) is 0 Å². The Morgan fingerprint density at radius 1 is 1.40 bits per heavy atom. The van der Waals surface area contributed by atoms with Gasteiger partial charge in [0.15, 0.2) is 0 Å². The lowest BCUT2D eigenvalue weighted by Crippen LogP contribution is -2.39. The van der Waals surface area contributed by atoms with Gasteiger partial charge in [0.2, 0.25) is 10.0 Å². The zero-order chi connectivity index (χ0) is 17.6. The van der Waals surface area contributed by atoms with Crippen LogP contribution in [0, 0.1) is 6.92 Å². The molecule has 25 heavy (non-hydrogen) atoms. The van der Waals surface area contributed by atoms with E-state index in [1.807, 2.05) is 25.4 Å². The zero-order valence-electron chi connectivity index (χ0n) is 14.3. The lowest BCUT2D eigenvalue weighted by atomic mass is 9.97. The predicted octanol–water partition coefficient (Wildman–Crippen LogP) is 2.49. The van der Waals surface area contributed by atoms with Crippen LogP contribution in [0.2, 0.25) is 0 Å². The number of sulfonamides is 1. The maximum atomic E-state index is 13.0. The molecule has 1 aliphatic rings. The number of thiazole rings is 1. The summed E-state index contributed by atoms with van der Waals surface area (Å²) in [7, 11) is -3.51. The van der Waals surface area contributed by atoms with Gasteiger partial charge >= 0.3 is 0 Å². The van der Waals surface area contributed by atoms with Gasteiger partial charge in [-0.05, 0) is 26.7 Å². The van der Waals surface area contributed by atoms with E-state index in [9.17, 15) is 8.42 Å². The first-order valence-electron chi connectivity index (χ1n) is 8.45. The minimum absolute atomic E-state index is 0.132. The van der Waals surface area contributed by atoms with Crippen molar-refractivity contribution in [3.05, 3.63) is 35.5 Å². The fourth-order valence-electron chi connectivity index (χ4n) is 3.44. The van der Waals surface area contributed by atoms with Gasteiger partial charge in [0, 0.05) is 43.3 Å². The van der Waals surface area contributed by atoms with Crippen molar-refractivity contribution in [2.75, 3.05) is 13.1 Å². The Morgan fingerprint density at radius 3 is 3.00 bits per heavy atom. The van der Waals surface area contributed by atoms with Gasteiger partial charge in [-0.2, -0.15) is 9.40 Å². The predicted molar refractivity (Wildman–Crippen MR) is 96.4 cm³/mol. The van der Waals surface area contributed by atoms with Crippen LogP contribution in [-0.4, -0.2) is 45.0 Å². The van der Waals surface area contributed by atoms with E-state index in [0.29, 0.717) is 19.6 Å². The Hall–Kier alpha value is -1.71. The quantitative estimate of drug-likeness (QED) is 0.698. The summed E-state index contributed by atoms with van der Waals surface area (Å²) < 4.78 is 31.2. The lowest BCUT2D eigenvalue weighted by molar-refractivity contribution is 0.314. The van der Waals surface area contributed by atoms with Gasteiger partial charge in [-0.1, -0.05) is 0 Å². The minimum atomic E-state index is -3.51. The molecule has 3 aromatic heterocycles. The molecule has 0 aliphatic carbocycles. The molecular formula is C16H21N5O2S2. The van der Waals surface area contributed by atoms with Gasteiger partial charge in [0.1, 0.15) is 15.6 Å². The third-order valence-corrected chi connectivity index (χ3v) is 7.51. The van der Waals surface area contributed by atoms with Crippen LogP contribution in [0.1, 0.15) is 37.2 Å². The van der Waals surface area contributed by atoms with E-state index in [1.54, 1.807) is 26.5 Å². The number of piperidine rings is 1. The number of aryl methyl sites for hydroxylation is 2. The Morgan fingerprint density at radius 2 is 2.24 bits per heavy atom. The summed E-state index contributed by atoms with van der Waals surface area (Å²) >= 11 is 1.66. The van der Waals surface area contributed by atoms with E-state index in [4.69, 9.17) is 4.98 Å². The molecular weight excluding hydrogens is 358 g/mol. The van der Waals surface area contributed by atoms with Gasteiger partial charge < -0.3 is 0 Å². The second-order valence-electron chi connectivity index (χ2n) is 6.36. The van der Waals surface area contributed by atoms with Crippen molar-refractivity contribution < 1.29 is 8.42 Å². The van der Waals surface area contributed by atoms with Gasteiger partial charge in [-0.25, -0.2) is 13.4 Å². The Balaban J connectivity index is 1.63. The normalized spacial score (nSPS) is 19.7. The Bertz CT molecular complexity index is 1000. The third kappa shape index (κ3) is 2.80. The fraction of sp³-hybridized carbons (Fsp3) is 0.500. The van der Waals surface area contributed by atoms with Crippen LogP contribution in [-0.2, 0) is 16.6 Å². The van der Waals surface area contributed by atoms with Crippen molar-refractivity contribution in [3.63, 3.8) is 0 Å². The molecule has 0 spiro atoms.